The molecular formula is C11H13F2N. The van der Waals surface area contributed by atoms with Crippen LogP contribution in [0.5, 0.6) is 0 Å². The van der Waals surface area contributed by atoms with Gasteiger partial charge in [0.15, 0.2) is 0 Å². The third-order valence-electron chi connectivity index (χ3n) is 3.10. The van der Waals surface area contributed by atoms with Crippen molar-refractivity contribution in [3.63, 3.8) is 0 Å². The molecule has 3 heteroatoms. The second kappa shape index (κ2) is 3.02. The Morgan fingerprint density at radius 2 is 1.71 bits per heavy atom. The SMILES string of the molecule is Cc1c(F)cc(C2(N)CCC2)cc1F. The van der Waals surface area contributed by atoms with Crippen molar-refractivity contribution in [2.24, 2.45) is 5.73 Å². The third-order valence-corrected chi connectivity index (χ3v) is 3.10. The number of rotatable bonds is 1. The van der Waals surface area contributed by atoms with Crippen LogP contribution in [0.25, 0.3) is 0 Å². The maximum Gasteiger partial charge on any atom is 0.129 e. The summed E-state index contributed by atoms with van der Waals surface area (Å²) in [5.74, 6) is -1.01. The van der Waals surface area contributed by atoms with Gasteiger partial charge in [-0.05, 0) is 43.9 Å². The first-order chi connectivity index (χ1) is 6.53. The molecule has 1 aliphatic rings. The van der Waals surface area contributed by atoms with Gasteiger partial charge in [-0.1, -0.05) is 0 Å². The molecule has 14 heavy (non-hydrogen) atoms. The Kier molecular flexibility index (Phi) is 2.07. The first-order valence-electron chi connectivity index (χ1n) is 4.78. The number of halogens is 2. The summed E-state index contributed by atoms with van der Waals surface area (Å²) in [5.41, 5.74) is 6.14. The molecule has 1 aromatic carbocycles. The van der Waals surface area contributed by atoms with Gasteiger partial charge in [-0.2, -0.15) is 0 Å². The summed E-state index contributed by atoms with van der Waals surface area (Å²) < 4.78 is 26.5. The zero-order valence-corrected chi connectivity index (χ0v) is 8.11. The van der Waals surface area contributed by atoms with Crippen LogP contribution in [0.1, 0.15) is 30.4 Å². The molecule has 0 radical (unpaired) electrons. The largest absolute Gasteiger partial charge is 0.321 e. The van der Waals surface area contributed by atoms with E-state index in [9.17, 15) is 8.78 Å². The quantitative estimate of drug-likeness (QED) is 0.735. The first kappa shape index (κ1) is 9.59. The standard InChI is InChI=1S/C11H13F2N/c1-7-9(12)5-8(6-10(7)13)11(14)3-2-4-11/h5-6H,2-4,14H2,1H3. The van der Waals surface area contributed by atoms with E-state index in [0.717, 1.165) is 19.3 Å². The van der Waals surface area contributed by atoms with E-state index >= 15 is 0 Å². The molecule has 0 bridgehead atoms. The molecule has 0 aromatic heterocycles. The predicted molar refractivity (Wildman–Crippen MR) is 50.8 cm³/mol. The van der Waals surface area contributed by atoms with Crippen LogP contribution in [0.4, 0.5) is 8.78 Å². The van der Waals surface area contributed by atoms with Crippen molar-refractivity contribution in [3.05, 3.63) is 34.9 Å². The van der Waals surface area contributed by atoms with Crippen LogP contribution in [0.3, 0.4) is 0 Å². The second-order valence-corrected chi connectivity index (χ2v) is 4.07. The minimum absolute atomic E-state index is 0.0664. The lowest BCUT2D eigenvalue weighted by Crippen LogP contribution is -2.43. The van der Waals surface area contributed by atoms with Gasteiger partial charge in [-0.3, -0.25) is 0 Å². The highest BCUT2D eigenvalue weighted by atomic mass is 19.1. The fourth-order valence-corrected chi connectivity index (χ4v) is 1.78. The lowest BCUT2D eigenvalue weighted by Gasteiger charge is -2.38. The molecular weight excluding hydrogens is 184 g/mol. The van der Waals surface area contributed by atoms with E-state index in [0.29, 0.717) is 5.56 Å². The predicted octanol–water partition coefficient (Wildman–Crippen LogP) is 2.61. The van der Waals surface area contributed by atoms with E-state index in [-0.39, 0.29) is 5.56 Å². The smallest absolute Gasteiger partial charge is 0.129 e. The summed E-state index contributed by atoms with van der Waals surface area (Å²) in [6.45, 7) is 1.43. The third kappa shape index (κ3) is 1.32. The topological polar surface area (TPSA) is 26.0 Å². The van der Waals surface area contributed by atoms with Crippen LogP contribution < -0.4 is 5.73 Å². The summed E-state index contributed by atoms with van der Waals surface area (Å²) >= 11 is 0. The van der Waals surface area contributed by atoms with Crippen LogP contribution in [0.15, 0.2) is 12.1 Å². The maximum atomic E-state index is 13.2. The molecule has 0 spiro atoms. The van der Waals surface area contributed by atoms with Crippen LogP contribution in [0, 0.1) is 18.6 Å². The highest BCUT2D eigenvalue weighted by molar-refractivity contribution is 5.31. The van der Waals surface area contributed by atoms with Crippen molar-refractivity contribution in [3.8, 4) is 0 Å². The monoisotopic (exact) mass is 197 g/mol. The minimum Gasteiger partial charge on any atom is -0.321 e. The minimum atomic E-state index is -0.503. The molecule has 1 nitrogen and oxygen atoms in total. The summed E-state index contributed by atoms with van der Waals surface area (Å²) in [6.07, 6.45) is 2.66. The van der Waals surface area contributed by atoms with Gasteiger partial charge >= 0.3 is 0 Å². The van der Waals surface area contributed by atoms with Crippen LogP contribution in [-0.4, -0.2) is 0 Å². The van der Waals surface area contributed by atoms with E-state index in [1.165, 1.54) is 19.1 Å². The summed E-state index contributed by atoms with van der Waals surface area (Å²) in [5, 5.41) is 0. The molecule has 76 valence electrons. The van der Waals surface area contributed by atoms with Crippen molar-refractivity contribution < 1.29 is 8.78 Å². The summed E-state index contributed by atoms with van der Waals surface area (Å²) in [4.78, 5) is 0. The van der Waals surface area contributed by atoms with Crippen molar-refractivity contribution >= 4 is 0 Å². The molecule has 0 amide bonds. The Hall–Kier alpha value is -0.960. The lowest BCUT2D eigenvalue weighted by molar-refractivity contribution is 0.251. The Labute approximate surface area is 81.9 Å². The van der Waals surface area contributed by atoms with Gasteiger partial charge in [-0.25, -0.2) is 8.78 Å². The Bertz CT molecular complexity index is 347. The van der Waals surface area contributed by atoms with Gasteiger partial charge in [-0.15, -0.1) is 0 Å². The molecule has 0 saturated heterocycles. The zero-order chi connectivity index (χ0) is 10.3. The van der Waals surface area contributed by atoms with Crippen LogP contribution in [0.2, 0.25) is 0 Å². The first-order valence-corrected chi connectivity index (χ1v) is 4.78. The highest BCUT2D eigenvalue weighted by Gasteiger charge is 2.35. The molecule has 0 heterocycles. The molecule has 0 aliphatic heterocycles. The van der Waals surface area contributed by atoms with E-state index in [1.54, 1.807) is 0 Å². The van der Waals surface area contributed by atoms with Gasteiger partial charge in [0.05, 0.1) is 0 Å². The molecule has 2 rings (SSSR count). The number of hydrogen-bond acceptors (Lipinski definition) is 1. The Balaban J connectivity index is 2.45. The molecule has 1 aliphatic carbocycles. The van der Waals surface area contributed by atoms with E-state index in [1.807, 2.05) is 0 Å². The van der Waals surface area contributed by atoms with Gasteiger partial charge < -0.3 is 5.73 Å². The highest BCUT2D eigenvalue weighted by Crippen LogP contribution is 2.39. The Morgan fingerprint density at radius 1 is 1.21 bits per heavy atom. The average molecular weight is 197 g/mol. The van der Waals surface area contributed by atoms with E-state index in [4.69, 9.17) is 5.73 Å². The zero-order valence-electron chi connectivity index (χ0n) is 8.11. The fourth-order valence-electron chi connectivity index (χ4n) is 1.78. The van der Waals surface area contributed by atoms with E-state index in [2.05, 4.69) is 0 Å². The second-order valence-electron chi connectivity index (χ2n) is 4.07. The molecule has 2 N–H and O–H groups in total. The number of nitrogens with two attached hydrogens (primary N) is 1. The normalized spacial score (nSPS) is 19.1. The van der Waals surface area contributed by atoms with E-state index < -0.39 is 17.2 Å². The average Bonchev–Trinajstić information content (AvgIpc) is 2.09. The maximum absolute atomic E-state index is 13.2. The molecule has 0 atom stereocenters. The van der Waals surface area contributed by atoms with Crippen LogP contribution in [-0.2, 0) is 5.54 Å². The number of hydrogen-bond donors (Lipinski definition) is 1. The summed E-state index contributed by atoms with van der Waals surface area (Å²) in [6, 6.07) is 2.72. The fraction of sp³-hybridized carbons (Fsp3) is 0.455. The molecule has 1 saturated carbocycles. The summed E-state index contributed by atoms with van der Waals surface area (Å²) in [7, 11) is 0. The van der Waals surface area contributed by atoms with Gasteiger partial charge in [0, 0.05) is 11.1 Å². The number of benzene rings is 1. The Morgan fingerprint density at radius 3 is 2.07 bits per heavy atom. The van der Waals surface area contributed by atoms with Gasteiger partial charge in [0.1, 0.15) is 11.6 Å². The van der Waals surface area contributed by atoms with Crippen LogP contribution >= 0.6 is 0 Å². The van der Waals surface area contributed by atoms with Gasteiger partial charge in [0.25, 0.3) is 0 Å². The van der Waals surface area contributed by atoms with Crippen molar-refractivity contribution in [1.29, 1.82) is 0 Å². The molecule has 0 unspecified atom stereocenters. The van der Waals surface area contributed by atoms with Crippen molar-refractivity contribution in [2.75, 3.05) is 0 Å². The van der Waals surface area contributed by atoms with Crippen molar-refractivity contribution in [1.82, 2.24) is 0 Å². The van der Waals surface area contributed by atoms with Gasteiger partial charge in [0.2, 0.25) is 0 Å². The molecule has 1 fully saturated rings. The molecule has 1 aromatic rings. The van der Waals surface area contributed by atoms with Crippen molar-refractivity contribution in [2.45, 2.75) is 31.7 Å². The lowest BCUT2D eigenvalue weighted by atomic mass is 9.72.